The molecule has 3 aromatic rings. The van der Waals surface area contributed by atoms with Gasteiger partial charge in [0.25, 0.3) is 0 Å². The number of para-hydroxylation sites is 2. The second kappa shape index (κ2) is 10.9. The molecule has 0 spiro atoms. The molecule has 2 N–H and O–H groups in total. The number of nitrogens with two attached hydrogens (primary N) is 1. The molecule has 0 bridgehead atoms. The summed E-state index contributed by atoms with van der Waals surface area (Å²) < 4.78 is 46.1. The van der Waals surface area contributed by atoms with E-state index < -0.39 is 11.6 Å². The number of methoxy groups -OCH3 is 2. The van der Waals surface area contributed by atoms with Crippen molar-refractivity contribution in [3.8, 4) is 17.2 Å². The molecule has 1 heterocycles. The number of hydrogen-bond acceptors (Lipinski definition) is 6. The highest BCUT2D eigenvalue weighted by atomic mass is 35.5. The number of nitrogens with zero attached hydrogens (tertiary/aromatic N) is 3. The fourth-order valence-corrected chi connectivity index (χ4v) is 4.11. The normalized spacial score (nSPS) is 20.2. The first-order valence-corrected chi connectivity index (χ1v) is 10.5. The van der Waals surface area contributed by atoms with Crippen molar-refractivity contribution in [1.29, 1.82) is 0 Å². The summed E-state index contributed by atoms with van der Waals surface area (Å²) in [7, 11) is 3.21. The molecule has 33 heavy (non-hydrogen) atoms. The lowest BCUT2D eigenvalue weighted by Crippen LogP contribution is -2.41. The average molecular weight is 481 g/mol. The van der Waals surface area contributed by atoms with E-state index in [0.29, 0.717) is 29.6 Å². The first kappa shape index (κ1) is 24.9. The van der Waals surface area contributed by atoms with E-state index in [1.54, 1.807) is 26.4 Å². The largest absolute Gasteiger partial charge is 0.493 e. The van der Waals surface area contributed by atoms with Crippen molar-refractivity contribution >= 4 is 12.4 Å². The van der Waals surface area contributed by atoms with Crippen LogP contribution >= 0.6 is 12.4 Å². The van der Waals surface area contributed by atoms with Gasteiger partial charge in [0.05, 0.1) is 13.2 Å². The van der Waals surface area contributed by atoms with Gasteiger partial charge >= 0.3 is 0 Å². The van der Waals surface area contributed by atoms with Crippen LogP contribution in [0.25, 0.3) is 5.69 Å². The minimum absolute atomic E-state index is 0. The predicted molar refractivity (Wildman–Crippen MR) is 121 cm³/mol. The van der Waals surface area contributed by atoms with Crippen LogP contribution in [0.1, 0.15) is 36.8 Å². The van der Waals surface area contributed by atoms with Crippen LogP contribution in [-0.4, -0.2) is 41.1 Å². The van der Waals surface area contributed by atoms with E-state index >= 15 is 0 Å². The topological polar surface area (TPSA) is 84.4 Å². The van der Waals surface area contributed by atoms with E-state index in [1.807, 2.05) is 12.1 Å². The predicted octanol–water partition coefficient (Wildman–Crippen LogP) is 4.16. The quantitative estimate of drug-likeness (QED) is 0.546. The molecule has 1 aliphatic carbocycles. The number of hydrogen-bond donors (Lipinski definition) is 1. The molecule has 0 amide bonds. The lowest BCUT2D eigenvalue weighted by Gasteiger charge is -2.32. The number of ether oxygens (including phenoxy) is 3. The molecule has 1 aromatic heterocycles. The van der Waals surface area contributed by atoms with Gasteiger partial charge in [0, 0.05) is 25.1 Å². The van der Waals surface area contributed by atoms with Crippen LogP contribution in [0, 0.1) is 11.6 Å². The monoisotopic (exact) mass is 480 g/mol. The first-order chi connectivity index (χ1) is 15.5. The summed E-state index contributed by atoms with van der Waals surface area (Å²) in [4.78, 5) is 4.66. The van der Waals surface area contributed by atoms with Crippen LogP contribution in [0.5, 0.6) is 11.5 Å². The highest BCUT2D eigenvalue weighted by Gasteiger charge is 2.32. The van der Waals surface area contributed by atoms with Gasteiger partial charge < -0.3 is 19.9 Å². The minimum Gasteiger partial charge on any atom is -0.493 e. The maximum absolute atomic E-state index is 14.6. The van der Waals surface area contributed by atoms with Crippen LogP contribution < -0.4 is 15.2 Å². The summed E-state index contributed by atoms with van der Waals surface area (Å²) in [5.41, 5.74) is 6.41. The maximum atomic E-state index is 14.6. The SMILES string of the molecule is COc1ccccc1OCc1nc([C@H]2CC[C@@H](OC)[C@H](N)C2)n(-c2ccc(F)cc2F)n1.Cl. The van der Waals surface area contributed by atoms with Gasteiger partial charge in [0.15, 0.2) is 23.1 Å². The Morgan fingerprint density at radius 3 is 2.52 bits per heavy atom. The zero-order chi connectivity index (χ0) is 22.7. The molecular formula is C23H27ClF2N4O3. The van der Waals surface area contributed by atoms with Gasteiger partial charge in [-0.2, -0.15) is 0 Å². The van der Waals surface area contributed by atoms with E-state index in [9.17, 15) is 8.78 Å². The zero-order valence-electron chi connectivity index (χ0n) is 18.4. The Kier molecular flexibility index (Phi) is 8.23. The van der Waals surface area contributed by atoms with Crippen molar-refractivity contribution in [3.05, 3.63) is 65.7 Å². The highest BCUT2D eigenvalue weighted by molar-refractivity contribution is 5.85. The molecule has 0 radical (unpaired) electrons. The van der Waals surface area contributed by atoms with Crippen LogP contribution in [0.4, 0.5) is 8.78 Å². The van der Waals surface area contributed by atoms with Gasteiger partial charge in [-0.15, -0.1) is 17.5 Å². The molecule has 4 rings (SSSR count). The van der Waals surface area contributed by atoms with Crippen molar-refractivity contribution in [2.45, 2.75) is 43.9 Å². The van der Waals surface area contributed by atoms with Crippen LogP contribution in [0.15, 0.2) is 42.5 Å². The van der Waals surface area contributed by atoms with Gasteiger partial charge in [-0.3, -0.25) is 0 Å². The molecule has 0 saturated heterocycles. The van der Waals surface area contributed by atoms with Crippen LogP contribution in [-0.2, 0) is 11.3 Å². The third-order valence-corrected chi connectivity index (χ3v) is 5.74. The molecule has 178 valence electrons. The zero-order valence-corrected chi connectivity index (χ0v) is 19.2. The summed E-state index contributed by atoms with van der Waals surface area (Å²) >= 11 is 0. The third-order valence-electron chi connectivity index (χ3n) is 5.74. The Labute approximate surface area is 197 Å². The Morgan fingerprint density at radius 1 is 1.09 bits per heavy atom. The fraction of sp³-hybridized carbons (Fsp3) is 0.391. The molecule has 10 heteroatoms. The maximum Gasteiger partial charge on any atom is 0.188 e. The first-order valence-electron chi connectivity index (χ1n) is 10.5. The van der Waals surface area contributed by atoms with Crippen molar-refractivity contribution in [2.75, 3.05) is 14.2 Å². The second-order valence-electron chi connectivity index (χ2n) is 7.78. The average Bonchev–Trinajstić information content (AvgIpc) is 3.21. The molecule has 0 unspecified atom stereocenters. The summed E-state index contributed by atoms with van der Waals surface area (Å²) in [6, 6.07) is 10.5. The molecule has 2 aromatic carbocycles. The number of aromatic nitrogens is 3. The van der Waals surface area contributed by atoms with E-state index in [4.69, 9.17) is 19.9 Å². The Bertz CT molecular complexity index is 1080. The van der Waals surface area contributed by atoms with Gasteiger partial charge in [0.1, 0.15) is 23.9 Å². The number of rotatable bonds is 7. The van der Waals surface area contributed by atoms with Crippen molar-refractivity contribution < 1.29 is 23.0 Å². The summed E-state index contributed by atoms with van der Waals surface area (Å²) in [6.07, 6.45) is 2.11. The van der Waals surface area contributed by atoms with Crippen LogP contribution in [0.3, 0.4) is 0 Å². The summed E-state index contributed by atoms with van der Waals surface area (Å²) in [5, 5.41) is 4.49. The van der Waals surface area contributed by atoms with E-state index in [-0.39, 0.29) is 42.8 Å². The minimum atomic E-state index is -0.719. The van der Waals surface area contributed by atoms with Crippen molar-refractivity contribution in [3.63, 3.8) is 0 Å². The van der Waals surface area contributed by atoms with Gasteiger partial charge in [-0.25, -0.2) is 18.4 Å². The second-order valence-corrected chi connectivity index (χ2v) is 7.78. The molecule has 1 aliphatic rings. The molecule has 7 nitrogen and oxygen atoms in total. The van der Waals surface area contributed by atoms with Gasteiger partial charge in [0.2, 0.25) is 0 Å². The lowest BCUT2D eigenvalue weighted by molar-refractivity contribution is 0.0482. The molecule has 1 saturated carbocycles. The molecule has 1 fully saturated rings. The molecular weight excluding hydrogens is 454 g/mol. The Hall–Kier alpha value is -2.75. The third kappa shape index (κ3) is 5.43. The van der Waals surface area contributed by atoms with Gasteiger partial charge in [-0.1, -0.05) is 12.1 Å². The number of halogens is 3. The fourth-order valence-electron chi connectivity index (χ4n) is 4.11. The Balaban J connectivity index is 0.00000306. The number of benzene rings is 2. The van der Waals surface area contributed by atoms with E-state index in [1.165, 1.54) is 16.8 Å². The van der Waals surface area contributed by atoms with E-state index in [0.717, 1.165) is 18.9 Å². The lowest BCUT2D eigenvalue weighted by atomic mass is 9.83. The van der Waals surface area contributed by atoms with Crippen molar-refractivity contribution in [2.24, 2.45) is 5.73 Å². The standard InChI is InChI=1S/C23H26F2N4O3.ClH/c1-30-19-10-7-14(11-17(19)26)23-27-22(13-32-21-6-4-3-5-20(21)31-2)28-29(23)18-9-8-15(24)12-16(18)25;/h3-6,8-9,12,14,17,19H,7,10-11,13,26H2,1-2H3;1H/t14-,17+,19+;/m0./s1. The smallest absolute Gasteiger partial charge is 0.188 e. The Morgan fingerprint density at radius 2 is 1.85 bits per heavy atom. The molecule has 0 aliphatic heterocycles. The highest BCUT2D eigenvalue weighted by Crippen LogP contribution is 2.34. The van der Waals surface area contributed by atoms with E-state index in [2.05, 4.69) is 10.1 Å². The molecule has 3 atom stereocenters. The van der Waals surface area contributed by atoms with Crippen LogP contribution in [0.2, 0.25) is 0 Å². The summed E-state index contributed by atoms with van der Waals surface area (Å²) in [5.74, 6) is 0.646. The van der Waals surface area contributed by atoms with Crippen molar-refractivity contribution in [1.82, 2.24) is 14.8 Å². The van der Waals surface area contributed by atoms with Gasteiger partial charge in [-0.05, 0) is 43.5 Å². The summed E-state index contributed by atoms with van der Waals surface area (Å²) in [6.45, 7) is 0.0582.